The van der Waals surface area contributed by atoms with Gasteiger partial charge in [0.2, 0.25) is 0 Å². The summed E-state index contributed by atoms with van der Waals surface area (Å²) in [6.45, 7) is 1.17. The summed E-state index contributed by atoms with van der Waals surface area (Å²) in [5.41, 5.74) is 0.706. The van der Waals surface area contributed by atoms with Crippen LogP contribution in [0.15, 0.2) is 29.3 Å². The molecule has 0 N–H and O–H groups in total. The van der Waals surface area contributed by atoms with Crippen molar-refractivity contribution in [2.45, 2.75) is 0 Å². The van der Waals surface area contributed by atoms with E-state index in [9.17, 15) is 4.79 Å². The molecule has 1 aliphatic heterocycles. The molecule has 17 heavy (non-hydrogen) atoms. The number of benzene rings is 1. The molecule has 2 rings (SSSR count). The van der Waals surface area contributed by atoms with E-state index < -0.39 is 5.37 Å². The third-order valence-corrected chi connectivity index (χ3v) is 2.75. The summed E-state index contributed by atoms with van der Waals surface area (Å²) in [7, 11) is 0. The number of morpholine rings is 1. The summed E-state index contributed by atoms with van der Waals surface area (Å²) in [4.78, 5) is 16.9. The maximum absolute atomic E-state index is 11.2. The van der Waals surface area contributed by atoms with E-state index >= 15 is 0 Å². The van der Waals surface area contributed by atoms with Crippen LogP contribution in [-0.4, -0.2) is 35.9 Å². The summed E-state index contributed by atoms with van der Waals surface area (Å²) in [5.74, 6) is 0.513. The number of amides is 1. The molecule has 0 bridgehead atoms. The quantitative estimate of drug-likeness (QED) is 0.583. The van der Waals surface area contributed by atoms with E-state index in [1.165, 1.54) is 4.90 Å². The molecule has 0 aliphatic carbocycles. The van der Waals surface area contributed by atoms with Crippen LogP contribution in [0.3, 0.4) is 0 Å². The van der Waals surface area contributed by atoms with Gasteiger partial charge in [0.25, 0.3) is 0 Å². The number of nitrogens with zero attached hydrogens (tertiary/aromatic N) is 2. The summed E-state index contributed by atoms with van der Waals surface area (Å²) < 4.78 is 5.25. The molecular weight excluding hydrogens is 263 g/mol. The average Bonchev–Trinajstić information content (AvgIpc) is 2.32. The maximum Gasteiger partial charge on any atom is 0.321 e. The van der Waals surface area contributed by atoms with Crippen molar-refractivity contribution in [2.24, 2.45) is 4.99 Å². The lowest BCUT2D eigenvalue weighted by Crippen LogP contribution is -2.43. The minimum absolute atomic E-state index is 0.279. The molecule has 1 saturated heterocycles. The zero-order valence-corrected chi connectivity index (χ0v) is 10.4. The normalized spacial score (nSPS) is 18.5. The highest BCUT2D eigenvalue weighted by atomic mass is 35.5. The third-order valence-electron chi connectivity index (χ3n) is 2.30. The summed E-state index contributed by atoms with van der Waals surface area (Å²) in [6.07, 6.45) is 0. The van der Waals surface area contributed by atoms with E-state index in [0.29, 0.717) is 29.7 Å². The lowest BCUT2D eigenvalue weighted by Gasteiger charge is -2.26. The Morgan fingerprint density at radius 2 is 2.06 bits per heavy atom. The fourth-order valence-corrected chi connectivity index (χ4v) is 1.78. The van der Waals surface area contributed by atoms with Gasteiger partial charge in [0, 0.05) is 5.02 Å². The Hall–Kier alpha value is -1.10. The van der Waals surface area contributed by atoms with Gasteiger partial charge in [0.15, 0.2) is 0 Å². The van der Waals surface area contributed by atoms with Gasteiger partial charge in [-0.3, -0.25) is 9.69 Å². The molecule has 0 aromatic heterocycles. The molecule has 0 radical (unpaired) electrons. The molecule has 4 nitrogen and oxygen atoms in total. The molecule has 1 aliphatic rings. The van der Waals surface area contributed by atoms with Crippen LogP contribution in [0.1, 0.15) is 0 Å². The van der Waals surface area contributed by atoms with Gasteiger partial charge < -0.3 is 4.74 Å². The van der Waals surface area contributed by atoms with Crippen LogP contribution in [0.2, 0.25) is 5.02 Å². The van der Waals surface area contributed by atoms with Crippen molar-refractivity contribution in [2.75, 3.05) is 19.8 Å². The molecule has 0 saturated carbocycles. The fourth-order valence-electron chi connectivity index (χ4n) is 1.47. The van der Waals surface area contributed by atoms with Gasteiger partial charge in [-0.25, -0.2) is 4.99 Å². The molecule has 1 heterocycles. The SMILES string of the molecule is O=C(Cl)N1CCOCC1=Nc1ccc(Cl)cc1. The number of hydrogen-bond acceptors (Lipinski definition) is 3. The first kappa shape index (κ1) is 12.4. The largest absolute Gasteiger partial charge is 0.372 e. The summed E-state index contributed by atoms with van der Waals surface area (Å²) in [5, 5.41) is 0.0973. The molecule has 0 atom stereocenters. The third kappa shape index (κ3) is 3.19. The van der Waals surface area contributed by atoms with Gasteiger partial charge in [-0.05, 0) is 35.9 Å². The number of carbonyl (C=O) groups is 1. The zero-order valence-electron chi connectivity index (χ0n) is 8.90. The first-order chi connectivity index (χ1) is 8.16. The van der Waals surface area contributed by atoms with Crippen molar-refractivity contribution >= 4 is 40.1 Å². The Kier molecular flexibility index (Phi) is 3.99. The van der Waals surface area contributed by atoms with Crippen molar-refractivity contribution in [1.82, 2.24) is 4.90 Å². The molecule has 6 heteroatoms. The highest BCUT2D eigenvalue weighted by Crippen LogP contribution is 2.18. The van der Waals surface area contributed by atoms with Gasteiger partial charge in [-0.2, -0.15) is 0 Å². The molecular formula is C11H10Cl2N2O2. The van der Waals surface area contributed by atoms with Crippen LogP contribution in [0.4, 0.5) is 10.5 Å². The topological polar surface area (TPSA) is 41.9 Å². The predicted molar refractivity (Wildman–Crippen MR) is 67.3 cm³/mol. The van der Waals surface area contributed by atoms with Crippen LogP contribution in [0.5, 0.6) is 0 Å². The fraction of sp³-hybridized carbons (Fsp3) is 0.273. The second kappa shape index (κ2) is 5.49. The van der Waals surface area contributed by atoms with E-state index in [1.54, 1.807) is 24.3 Å². The first-order valence-electron chi connectivity index (χ1n) is 5.05. The monoisotopic (exact) mass is 272 g/mol. The molecule has 0 spiro atoms. The van der Waals surface area contributed by atoms with Crippen molar-refractivity contribution in [1.29, 1.82) is 0 Å². The number of aliphatic imine (C=N–C) groups is 1. The first-order valence-corrected chi connectivity index (χ1v) is 5.80. The Morgan fingerprint density at radius 1 is 1.35 bits per heavy atom. The van der Waals surface area contributed by atoms with Crippen LogP contribution in [0.25, 0.3) is 0 Å². The summed E-state index contributed by atoms with van der Waals surface area (Å²) in [6, 6.07) is 7.00. The van der Waals surface area contributed by atoms with Crippen LogP contribution in [-0.2, 0) is 4.74 Å². The summed E-state index contributed by atoms with van der Waals surface area (Å²) >= 11 is 11.2. The number of ether oxygens (including phenoxy) is 1. The molecule has 90 valence electrons. The highest BCUT2D eigenvalue weighted by Gasteiger charge is 2.21. The van der Waals surface area contributed by atoms with Gasteiger partial charge >= 0.3 is 5.37 Å². The molecule has 1 aromatic carbocycles. The van der Waals surface area contributed by atoms with E-state index in [-0.39, 0.29) is 6.61 Å². The van der Waals surface area contributed by atoms with Crippen molar-refractivity contribution in [3.63, 3.8) is 0 Å². The lowest BCUT2D eigenvalue weighted by molar-refractivity contribution is 0.127. The predicted octanol–water partition coefficient (Wildman–Crippen LogP) is 3.06. The average molecular weight is 273 g/mol. The van der Waals surface area contributed by atoms with Gasteiger partial charge in [-0.1, -0.05) is 11.6 Å². The maximum atomic E-state index is 11.2. The van der Waals surface area contributed by atoms with Crippen molar-refractivity contribution in [3.8, 4) is 0 Å². The number of hydrogen-bond donors (Lipinski definition) is 0. The standard InChI is InChI=1S/C11H10Cl2N2O2/c12-8-1-3-9(4-2-8)14-10-7-17-6-5-15(10)11(13)16/h1-4H,5-7H2. The highest BCUT2D eigenvalue weighted by molar-refractivity contribution is 6.64. The van der Waals surface area contributed by atoms with Crippen LogP contribution in [0, 0.1) is 0 Å². The number of amidine groups is 1. The van der Waals surface area contributed by atoms with E-state index in [2.05, 4.69) is 4.99 Å². The minimum Gasteiger partial charge on any atom is -0.372 e. The number of halogens is 2. The van der Waals surface area contributed by atoms with Crippen LogP contribution < -0.4 is 0 Å². The van der Waals surface area contributed by atoms with Crippen molar-refractivity contribution < 1.29 is 9.53 Å². The smallest absolute Gasteiger partial charge is 0.321 e. The Morgan fingerprint density at radius 3 is 2.71 bits per heavy atom. The Labute approximate surface area is 109 Å². The molecule has 1 fully saturated rings. The van der Waals surface area contributed by atoms with Gasteiger partial charge in [-0.15, -0.1) is 0 Å². The molecule has 0 unspecified atom stereocenters. The Balaban J connectivity index is 2.23. The van der Waals surface area contributed by atoms with E-state index in [0.717, 1.165) is 0 Å². The van der Waals surface area contributed by atoms with Gasteiger partial charge in [0.1, 0.15) is 12.4 Å². The van der Waals surface area contributed by atoms with Crippen molar-refractivity contribution in [3.05, 3.63) is 29.3 Å². The zero-order chi connectivity index (χ0) is 12.3. The Bertz CT molecular complexity index is 445. The van der Waals surface area contributed by atoms with E-state index in [4.69, 9.17) is 27.9 Å². The number of carbonyl (C=O) groups excluding carboxylic acids is 1. The second-order valence-corrected chi connectivity index (χ2v) is 4.22. The number of rotatable bonds is 1. The minimum atomic E-state index is -0.541. The van der Waals surface area contributed by atoms with Crippen LogP contribution >= 0.6 is 23.2 Å². The van der Waals surface area contributed by atoms with E-state index in [1.807, 2.05) is 0 Å². The molecule has 1 aromatic rings. The van der Waals surface area contributed by atoms with Gasteiger partial charge in [0.05, 0.1) is 18.8 Å². The molecule has 1 amide bonds. The second-order valence-electron chi connectivity index (χ2n) is 3.46. The lowest BCUT2D eigenvalue weighted by atomic mass is 10.3.